The molecule has 1 rings (SSSR count). The van der Waals surface area contributed by atoms with Crippen molar-refractivity contribution in [2.75, 3.05) is 31.6 Å². The molecule has 7 heteroatoms. The SMILES string of the molecule is CCC1(C(=O)O)CCN(C(=O)NCCCS(C)=O)CC1. The first-order valence-electron chi connectivity index (χ1n) is 6.97. The molecule has 0 aromatic carbocycles. The Morgan fingerprint density at radius 2 is 1.95 bits per heavy atom. The molecule has 1 atom stereocenters. The van der Waals surface area contributed by atoms with E-state index in [1.54, 1.807) is 11.2 Å². The van der Waals surface area contributed by atoms with Crippen LogP contribution in [0.5, 0.6) is 0 Å². The number of nitrogens with zero attached hydrogens (tertiary/aromatic N) is 1. The van der Waals surface area contributed by atoms with E-state index >= 15 is 0 Å². The monoisotopic (exact) mass is 304 g/mol. The Hall–Kier alpha value is -1.11. The molecule has 0 aliphatic carbocycles. The number of piperidine rings is 1. The summed E-state index contributed by atoms with van der Waals surface area (Å²) in [5.41, 5.74) is -0.671. The zero-order valence-corrected chi connectivity index (χ0v) is 13.0. The summed E-state index contributed by atoms with van der Waals surface area (Å²) in [5, 5.41) is 12.1. The second-order valence-corrected chi connectivity index (χ2v) is 6.84. The number of amides is 2. The second-order valence-electron chi connectivity index (χ2n) is 5.29. The van der Waals surface area contributed by atoms with Crippen LogP contribution >= 0.6 is 0 Å². The Balaban J connectivity index is 2.35. The van der Waals surface area contributed by atoms with Gasteiger partial charge in [-0.15, -0.1) is 0 Å². The van der Waals surface area contributed by atoms with E-state index in [-0.39, 0.29) is 6.03 Å². The normalized spacial score (nSPS) is 19.4. The number of carbonyl (C=O) groups is 2. The highest BCUT2D eigenvalue weighted by Crippen LogP contribution is 2.35. The first-order chi connectivity index (χ1) is 9.41. The standard InChI is InChI=1S/C13H24N2O4S/c1-3-13(11(16)17)5-8-15(9-6-13)12(18)14-7-4-10-20(2)19/h3-10H2,1-2H3,(H,14,18)(H,16,17). The Bertz CT molecular complexity index is 379. The maximum atomic E-state index is 11.9. The zero-order chi connectivity index (χ0) is 15.2. The number of likely N-dealkylation sites (tertiary alicyclic amines) is 1. The number of aliphatic carboxylic acids is 1. The molecule has 0 saturated carbocycles. The van der Waals surface area contributed by atoms with Gasteiger partial charge in [-0.3, -0.25) is 9.00 Å². The third-order valence-electron chi connectivity index (χ3n) is 4.02. The van der Waals surface area contributed by atoms with Gasteiger partial charge in [-0.25, -0.2) is 4.79 Å². The minimum absolute atomic E-state index is 0.151. The van der Waals surface area contributed by atoms with Crippen LogP contribution in [0.3, 0.4) is 0 Å². The van der Waals surface area contributed by atoms with E-state index < -0.39 is 22.2 Å². The van der Waals surface area contributed by atoms with Crippen molar-refractivity contribution in [1.82, 2.24) is 10.2 Å². The molecule has 1 aliphatic rings. The van der Waals surface area contributed by atoms with Gasteiger partial charge < -0.3 is 15.3 Å². The lowest BCUT2D eigenvalue weighted by molar-refractivity contribution is -0.151. The molecular weight excluding hydrogens is 280 g/mol. The van der Waals surface area contributed by atoms with Crippen molar-refractivity contribution in [3.05, 3.63) is 0 Å². The molecule has 0 bridgehead atoms. The van der Waals surface area contributed by atoms with Gasteiger partial charge in [0.1, 0.15) is 0 Å². The molecule has 2 N–H and O–H groups in total. The minimum atomic E-state index is -0.832. The Morgan fingerprint density at radius 3 is 2.40 bits per heavy atom. The molecule has 0 spiro atoms. The van der Waals surface area contributed by atoms with Crippen LogP contribution < -0.4 is 5.32 Å². The fourth-order valence-electron chi connectivity index (χ4n) is 2.44. The molecule has 1 heterocycles. The molecule has 0 aromatic heterocycles. The average Bonchev–Trinajstić information content (AvgIpc) is 2.43. The molecule has 1 fully saturated rings. The van der Waals surface area contributed by atoms with Crippen LogP contribution in [-0.4, -0.2) is 57.9 Å². The number of carboxylic acid groups (broad SMARTS) is 1. The van der Waals surface area contributed by atoms with Gasteiger partial charge in [-0.05, 0) is 25.7 Å². The largest absolute Gasteiger partial charge is 0.481 e. The summed E-state index contributed by atoms with van der Waals surface area (Å²) in [6, 6.07) is -0.151. The van der Waals surface area contributed by atoms with Crippen molar-refractivity contribution >= 4 is 22.8 Å². The smallest absolute Gasteiger partial charge is 0.317 e. The Morgan fingerprint density at radius 1 is 1.35 bits per heavy atom. The van der Waals surface area contributed by atoms with Crippen LogP contribution in [0.1, 0.15) is 32.6 Å². The molecule has 1 saturated heterocycles. The van der Waals surface area contributed by atoms with E-state index in [1.165, 1.54) is 0 Å². The molecule has 116 valence electrons. The number of hydrogen-bond donors (Lipinski definition) is 2. The van der Waals surface area contributed by atoms with E-state index in [4.69, 9.17) is 0 Å². The summed E-state index contributed by atoms with van der Waals surface area (Å²) in [4.78, 5) is 24.9. The van der Waals surface area contributed by atoms with Crippen molar-refractivity contribution in [3.8, 4) is 0 Å². The third-order valence-corrected chi connectivity index (χ3v) is 4.89. The quantitative estimate of drug-likeness (QED) is 0.718. The topological polar surface area (TPSA) is 86.7 Å². The van der Waals surface area contributed by atoms with Gasteiger partial charge in [0, 0.05) is 42.4 Å². The van der Waals surface area contributed by atoms with Gasteiger partial charge in [-0.2, -0.15) is 0 Å². The van der Waals surface area contributed by atoms with Gasteiger partial charge in [0.05, 0.1) is 5.41 Å². The van der Waals surface area contributed by atoms with E-state index in [2.05, 4.69) is 5.32 Å². The predicted molar refractivity (Wildman–Crippen MR) is 78.1 cm³/mol. The number of rotatable bonds is 6. The fraction of sp³-hybridized carbons (Fsp3) is 0.846. The van der Waals surface area contributed by atoms with Gasteiger partial charge >= 0.3 is 12.0 Å². The van der Waals surface area contributed by atoms with Gasteiger partial charge in [0.15, 0.2) is 0 Å². The van der Waals surface area contributed by atoms with Crippen molar-refractivity contribution < 1.29 is 18.9 Å². The van der Waals surface area contributed by atoms with E-state index in [9.17, 15) is 18.9 Å². The maximum absolute atomic E-state index is 11.9. The summed E-state index contributed by atoms with van der Waals surface area (Å²) < 4.78 is 10.9. The average molecular weight is 304 g/mol. The molecule has 20 heavy (non-hydrogen) atoms. The highest BCUT2D eigenvalue weighted by molar-refractivity contribution is 7.84. The van der Waals surface area contributed by atoms with Crippen molar-refractivity contribution in [2.45, 2.75) is 32.6 Å². The van der Waals surface area contributed by atoms with E-state index in [0.29, 0.717) is 51.1 Å². The van der Waals surface area contributed by atoms with Crippen LogP contribution in [0.4, 0.5) is 4.79 Å². The van der Waals surface area contributed by atoms with Crippen LogP contribution in [0.25, 0.3) is 0 Å². The highest BCUT2D eigenvalue weighted by atomic mass is 32.2. The summed E-state index contributed by atoms with van der Waals surface area (Å²) >= 11 is 0. The van der Waals surface area contributed by atoms with Crippen LogP contribution in [0.15, 0.2) is 0 Å². The number of carboxylic acids is 1. The van der Waals surface area contributed by atoms with Crippen molar-refractivity contribution in [2.24, 2.45) is 5.41 Å². The highest BCUT2D eigenvalue weighted by Gasteiger charge is 2.40. The first kappa shape index (κ1) is 16.9. The Kier molecular flexibility index (Phi) is 6.45. The zero-order valence-electron chi connectivity index (χ0n) is 12.2. The van der Waals surface area contributed by atoms with Gasteiger partial charge in [-0.1, -0.05) is 6.92 Å². The molecule has 0 radical (unpaired) electrons. The number of nitrogens with one attached hydrogen (secondary N) is 1. The number of hydrogen-bond acceptors (Lipinski definition) is 3. The van der Waals surface area contributed by atoms with Gasteiger partial charge in [0.25, 0.3) is 0 Å². The van der Waals surface area contributed by atoms with Crippen molar-refractivity contribution in [3.63, 3.8) is 0 Å². The third kappa shape index (κ3) is 4.47. The molecule has 1 aliphatic heterocycles. The lowest BCUT2D eigenvalue weighted by atomic mass is 9.76. The Labute approximate surface area is 122 Å². The predicted octanol–water partition coefficient (Wildman–Crippen LogP) is 1.04. The maximum Gasteiger partial charge on any atom is 0.317 e. The van der Waals surface area contributed by atoms with Gasteiger partial charge in [0.2, 0.25) is 0 Å². The van der Waals surface area contributed by atoms with E-state index in [0.717, 1.165) is 0 Å². The van der Waals surface area contributed by atoms with Crippen molar-refractivity contribution in [1.29, 1.82) is 0 Å². The summed E-state index contributed by atoms with van der Waals surface area (Å²) in [6.07, 6.45) is 3.94. The van der Waals surface area contributed by atoms with E-state index in [1.807, 2.05) is 6.92 Å². The summed E-state index contributed by atoms with van der Waals surface area (Å²) in [7, 11) is -0.832. The van der Waals surface area contributed by atoms with Crippen LogP contribution in [-0.2, 0) is 15.6 Å². The molecular formula is C13H24N2O4S. The summed E-state index contributed by atoms with van der Waals surface area (Å²) in [5.74, 6) is -0.177. The number of carbonyl (C=O) groups excluding carboxylic acids is 1. The first-order valence-corrected chi connectivity index (χ1v) is 8.70. The second kappa shape index (κ2) is 7.61. The minimum Gasteiger partial charge on any atom is -0.481 e. The molecule has 1 unspecified atom stereocenters. The number of urea groups is 1. The molecule has 6 nitrogen and oxygen atoms in total. The van der Waals surface area contributed by atoms with Crippen LogP contribution in [0, 0.1) is 5.41 Å². The fourth-order valence-corrected chi connectivity index (χ4v) is 2.99. The molecule has 2 amide bonds. The summed E-state index contributed by atoms with van der Waals surface area (Å²) in [6.45, 7) is 3.35. The lowest BCUT2D eigenvalue weighted by Gasteiger charge is -2.38. The van der Waals surface area contributed by atoms with Crippen LogP contribution in [0.2, 0.25) is 0 Å². The lowest BCUT2D eigenvalue weighted by Crippen LogP contribution is -2.49. The molecule has 0 aromatic rings.